The van der Waals surface area contributed by atoms with E-state index in [1.165, 1.54) is 22.5 Å². The molecule has 1 aliphatic rings. The number of nitrogens with one attached hydrogen (secondary N) is 1. The number of carbonyl (C=O) groups is 4. The molecule has 4 rings (SSSR count). The van der Waals surface area contributed by atoms with Crippen LogP contribution in [0.2, 0.25) is 5.02 Å². The SMILES string of the molecule is O=C(CNC(=O)c1sc2ccccc2c1Cl)OCC(=O)N1CCN(C(=O)c2ccco2)CC1. The molecular weight excluding hydrogens is 470 g/mol. The van der Waals surface area contributed by atoms with E-state index in [-0.39, 0.29) is 24.1 Å². The van der Waals surface area contributed by atoms with E-state index in [2.05, 4.69) is 5.32 Å². The number of hydrogen-bond donors (Lipinski definition) is 1. The van der Waals surface area contributed by atoms with E-state index in [0.29, 0.717) is 36.1 Å². The Labute approximate surface area is 197 Å². The number of benzene rings is 1. The zero-order chi connectivity index (χ0) is 23.4. The van der Waals surface area contributed by atoms with E-state index in [9.17, 15) is 19.2 Å². The molecule has 0 saturated carbocycles. The predicted molar refractivity (Wildman–Crippen MR) is 121 cm³/mol. The van der Waals surface area contributed by atoms with Crippen molar-refractivity contribution in [3.05, 3.63) is 58.3 Å². The molecule has 0 unspecified atom stereocenters. The second-order valence-corrected chi connectivity index (χ2v) is 8.67. The monoisotopic (exact) mass is 489 g/mol. The van der Waals surface area contributed by atoms with Crippen molar-refractivity contribution in [2.24, 2.45) is 0 Å². The van der Waals surface area contributed by atoms with E-state index in [0.717, 1.165) is 10.1 Å². The molecule has 1 aliphatic heterocycles. The number of ether oxygens (including phenoxy) is 1. The highest BCUT2D eigenvalue weighted by Crippen LogP contribution is 2.34. The van der Waals surface area contributed by atoms with Crippen LogP contribution in [0.25, 0.3) is 10.1 Å². The molecule has 9 nitrogen and oxygen atoms in total. The van der Waals surface area contributed by atoms with Gasteiger partial charge in [-0.3, -0.25) is 19.2 Å². The highest BCUT2D eigenvalue weighted by atomic mass is 35.5. The van der Waals surface area contributed by atoms with Crippen molar-refractivity contribution in [3.8, 4) is 0 Å². The number of carbonyl (C=O) groups excluding carboxylic acids is 4. The minimum Gasteiger partial charge on any atom is -0.459 e. The lowest BCUT2D eigenvalue weighted by atomic mass is 10.2. The van der Waals surface area contributed by atoms with Gasteiger partial charge in [0.15, 0.2) is 12.4 Å². The van der Waals surface area contributed by atoms with Gasteiger partial charge < -0.3 is 24.3 Å². The van der Waals surface area contributed by atoms with Crippen molar-refractivity contribution in [3.63, 3.8) is 0 Å². The van der Waals surface area contributed by atoms with Crippen molar-refractivity contribution in [2.45, 2.75) is 0 Å². The number of fused-ring (bicyclic) bond motifs is 1. The second-order valence-electron chi connectivity index (χ2n) is 7.23. The van der Waals surface area contributed by atoms with E-state index in [1.807, 2.05) is 24.3 Å². The Bertz CT molecular complexity index is 1180. The lowest BCUT2D eigenvalue weighted by Gasteiger charge is -2.34. The van der Waals surface area contributed by atoms with Crippen LogP contribution in [0.3, 0.4) is 0 Å². The summed E-state index contributed by atoms with van der Waals surface area (Å²) in [5, 5.41) is 3.58. The van der Waals surface area contributed by atoms with Gasteiger partial charge in [-0.15, -0.1) is 11.3 Å². The Morgan fingerprint density at radius 3 is 2.45 bits per heavy atom. The maximum absolute atomic E-state index is 12.4. The molecular formula is C22H20ClN3O6S. The topological polar surface area (TPSA) is 109 Å². The first kappa shape index (κ1) is 22.8. The van der Waals surface area contributed by atoms with Gasteiger partial charge in [0.1, 0.15) is 11.4 Å². The average molecular weight is 490 g/mol. The highest BCUT2D eigenvalue weighted by molar-refractivity contribution is 7.21. The van der Waals surface area contributed by atoms with Gasteiger partial charge in [0.05, 0.1) is 11.3 Å². The molecule has 1 saturated heterocycles. The molecule has 0 bridgehead atoms. The molecule has 1 N–H and O–H groups in total. The molecule has 3 heterocycles. The second kappa shape index (κ2) is 10.1. The summed E-state index contributed by atoms with van der Waals surface area (Å²) in [6.45, 7) is 0.525. The number of amides is 3. The summed E-state index contributed by atoms with van der Waals surface area (Å²) < 4.78 is 11.0. The first-order valence-electron chi connectivity index (χ1n) is 10.2. The number of piperazine rings is 1. The fraction of sp³-hybridized carbons (Fsp3) is 0.273. The Kier molecular flexibility index (Phi) is 6.95. The van der Waals surface area contributed by atoms with E-state index >= 15 is 0 Å². The quantitative estimate of drug-likeness (QED) is 0.532. The van der Waals surface area contributed by atoms with Crippen molar-refractivity contribution in [1.29, 1.82) is 0 Å². The Hall–Kier alpha value is -3.37. The Morgan fingerprint density at radius 2 is 1.76 bits per heavy atom. The summed E-state index contributed by atoms with van der Waals surface area (Å²) in [6, 6.07) is 10.6. The lowest BCUT2D eigenvalue weighted by Crippen LogP contribution is -2.51. The first-order valence-corrected chi connectivity index (χ1v) is 11.3. The third kappa shape index (κ3) is 5.18. The van der Waals surface area contributed by atoms with Gasteiger partial charge in [-0.1, -0.05) is 29.8 Å². The van der Waals surface area contributed by atoms with Crippen LogP contribution < -0.4 is 5.32 Å². The smallest absolute Gasteiger partial charge is 0.325 e. The summed E-state index contributed by atoms with van der Waals surface area (Å²) in [7, 11) is 0. The van der Waals surface area contributed by atoms with Crippen LogP contribution in [0.5, 0.6) is 0 Å². The van der Waals surface area contributed by atoms with Crippen LogP contribution in [-0.2, 0) is 14.3 Å². The van der Waals surface area contributed by atoms with Crippen molar-refractivity contribution in [1.82, 2.24) is 15.1 Å². The van der Waals surface area contributed by atoms with Gasteiger partial charge in [0.25, 0.3) is 17.7 Å². The molecule has 3 amide bonds. The zero-order valence-corrected chi connectivity index (χ0v) is 19.0. The van der Waals surface area contributed by atoms with Gasteiger partial charge in [0.2, 0.25) is 0 Å². The molecule has 1 aromatic carbocycles. The number of nitrogens with zero attached hydrogens (tertiary/aromatic N) is 2. The largest absolute Gasteiger partial charge is 0.459 e. The van der Waals surface area contributed by atoms with Crippen LogP contribution in [-0.4, -0.2) is 72.8 Å². The summed E-state index contributed by atoms with van der Waals surface area (Å²) in [5.41, 5.74) is 0. The summed E-state index contributed by atoms with van der Waals surface area (Å²) in [5.74, 6) is -1.56. The maximum atomic E-state index is 12.4. The third-order valence-corrected chi connectivity index (χ3v) is 6.82. The van der Waals surface area contributed by atoms with Gasteiger partial charge in [0, 0.05) is 36.3 Å². The Balaban J connectivity index is 1.20. The van der Waals surface area contributed by atoms with Crippen molar-refractivity contribution >= 4 is 56.7 Å². The number of halogens is 1. The molecule has 0 radical (unpaired) electrons. The molecule has 33 heavy (non-hydrogen) atoms. The highest BCUT2D eigenvalue weighted by Gasteiger charge is 2.26. The van der Waals surface area contributed by atoms with Gasteiger partial charge in [-0.2, -0.15) is 0 Å². The predicted octanol–water partition coefficient (Wildman–Crippen LogP) is 2.41. The van der Waals surface area contributed by atoms with Crippen molar-refractivity contribution < 1.29 is 28.3 Å². The fourth-order valence-corrected chi connectivity index (χ4v) is 4.83. The summed E-state index contributed by atoms with van der Waals surface area (Å²) >= 11 is 7.50. The Morgan fingerprint density at radius 1 is 1.03 bits per heavy atom. The third-order valence-electron chi connectivity index (χ3n) is 5.14. The molecule has 0 aliphatic carbocycles. The van der Waals surface area contributed by atoms with Gasteiger partial charge >= 0.3 is 5.97 Å². The number of rotatable bonds is 6. The molecule has 0 spiro atoms. The van der Waals surface area contributed by atoms with Crippen molar-refractivity contribution in [2.75, 3.05) is 39.3 Å². The number of hydrogen-bond acceptors (Lipinski definition) is 7. The van der Waals surface area contributed by atoms with Crippen LogP contribution in [0.4, 0.5) is 0 Å². The van der Waals surface area contributed by atoms with Gasteiger partial charge in [-0.25, -0.2) is 0 Å². The minimum atomic E-state index is -0.736. The standard InChI is InChI=1S/C22H20ClN3O6S/c23-19-14-4-1-2-6-16(14)33-20(19)21(29)24-12-18(28)32-13-17(27)25-7-9-26(10-8-25)22(30)15-5-3-11-31-15/h1-6,11H,7-10,12-13H2,(H,24,29). The summed E-state index contributed by atoms with van der Waals surface area (Å²) in [4.78, 5) is 52.4. The minimum absolute atomic E-state index is 0.229. The van der Waals surface area contributed by atoms with E-state index < -0.39 is 18.5 Å². The number of furan rings is 1. The number of esters is 1. The normalized spacial score (nSPS) is 13.7. The molecule has 3 aromatic rings. The molecule has 1 fully saturated rings. The van der Waals surface area contributed by atoms with Gasteiger partial charge in [-0.05, 0) is 18.2 Å². The average Bonchev–Trinajstić information content (AvgIpc) is 3.49. The van der Waals surface area contributed by atoms with Crippen LogP contribution >= 0.6 is 22.9 Å². The molecule has 11 heteroatoms. The lowest BCUT2D eigenvalue weighted by molar-refractivity contribution is -0.151. The molecule has 2 aromatic heterocycles. The zero-order valence-electron chi connectivity index (χ0n) is 17.4. The summed E-state index contributed by atoms with van der Waals surface area (Å²) in [6.07, 6.45) is 1.43. The van der Waals surface area contributed by atoms with E-state index in [4.69, 9.17) is 20.8 Å². The first-order chi connectivity index (χ1) is 15.9. The molecule has 172 valence electrons. The fourth-order valence-electron chi connectivity index (χ4n) is 3.39. The maximum Gasteiger partial charge on any atom is 0.325 e. The number of thiophene rings is 1. The molecule has 0 atom stereocenters. The van der Waals surface area contributed by atoms with Crippen LogP contribution in [0, 0.1) is 0 Å². The van der Waals surface area contributed by atoms with E-state index in [1.54, 1.807) is 17.0 Å². The van der Waals surface area contributed by atoms with Crippen LogP contribution in [0.1, 0.15) is 20.2 Å². The van der Waals surface area contributed by atoms with Crippen LogP contribution in [0.15, 0.2) is 47.1 Å².